The number of hydrogen-bond donors (Lipinski definition) is 3. The summed E-state index contributed by atoms with van der Waals surface area (Å²) in [5.74, 6) is -0.744. The maximum atomic E-state index is 11.9. The third-order valence-corrected chi connectivity index (χ3v) is 2.64. The average Bonchev–Trinajstić information content (AvgIpc) is 2.98. The van der Waals surface area contributed by atoms with Crippen LogP contribution in [-0.4, -0.2) is 39.7 Å². The van der Waals surface area contributed by atoms with E-state index < -0.39 is 18.6 Å². The van der Waals surface area contributed by atoms with Crippen LogP contribution in [0.15, 0.2) is 41.4 Å². The van der Waals surface area contributed by atoms with Gasteiger partial charge >= 0.3 is 0 Å². The molecule has 0 aromatic carbocycles. The molecule has 2 aromatic rings. The number of aliphatic hydroxyl groups excluding tert-OH is 1. The SMILES string of the molecule is O=C(Cc1ccncc1)NC(CO)C(=O)Nc1ccon1. The van der Waals surface area contributed by atoms with E-state index in [2.05, 4.69) is 25.3 Å². The van der Waals surface area contributed by atoms with Crippen LogP contribution in [0.4, 0.5) is 5.82 Å². The third kappa shape index (κ3) is 4.39. The molecule has 0 aliphatic rings. The fraction of sp³-hybridized carbons (Fsp3) is 0.231. The Morgan fingerprint density at radius 2 is 2.05 bits per heavy atom. The Hall–Kier alpha value is -2.74. The number of carbonyl (C=O) groups excluding carboxylic acids is 2. The summed E-state index contributed by atoms with van der Waals surface area (Å²) in [5.41, 5.74) is 0.760. The van der Waals surface area contributed by atoms with Crippen LogP contribution in [0.2, 0.25) is 0 Å². The number of nitrogens with one attached hydrogen (secondary N) is 2. The van der Waals surface area contributed by atoms with E-state index in [9.17, 15) is 14.7 Å². The van der Waals surface area contributed by atoms with Crippen LogP contribution >= 0.6 is 0 Å². The van der Waals surface area contributed by atoms with E-state index in [0.717, 1.165) is 5.56 Å². The summed E-state index contributed by atoms with van der Waals surface area (Å²) in [7, 11) is 0. The van der Waals surface area contributed by atoms with Gasteiger partial charge in [-0.05, 0) is 17.7 Å². The molecular weight excluding hydrogens is 276 g/mol. The van der Waals surface area contributed by atoms with Crippen molar-refractivity contribution in [2.45, 2.75) is 12.5 Å². The molecule has 1 atom stereocenters. The van der Waals surface area contributed by atoms with Crippen LogP contribution in [-0.2, 0) is 16.0 Å². The molecule has 0 aliphatic heterocycles. The highest BCUT2D eigenvalue weighted by Crippen LogP contribution is 2.02. The van der Waals surface area contributed by atoms with E-state index in [0.29, 0.717) is 0 Å². The third-order valence-electron chi connectivity index (χ3n) is 2.64. The number of amides is 2. The molecule has 110 valence electrons. The minimum Gasteiger partial charge on any atom is -0.394 e. The predicted molar refractivity (Wildman–Crippen MR) is 72.1 cm³/mol. The fourth-order valence-electron chi connectivity index (χ4n) is 1.62. The second kappa shape index (κ2) is 7.15. The molecule has 21 heavy (non-hydrogen) atoms. The Bertz CT molecular complexity index is 585. The van der Waals surface area contributed by atoms with Crippen molar-refractivity contribution >= 4 is 17.6 Å². The van der Waals surface area contributed by atoms with Crippen molar-refractivity contribution in [1.29, 1.82) is 0 Å². The first kappa shape index (κ1) is 14.7. The Morgan fingerprint density at radius 3 is 2.67 bits per heavy atom. The molecule has 2 aromatic heterocycles. The summed E-state index contributed by atoms with van der Waals surface area (Å²) in [6, 6.07) is 3.79. The van der Waals surface area contributed by atoms with Gasteiger partial charge in [-0.3, -0.25) is 14.6 Å². The molecule has 0 saturated carbocycles. The zero-order valence-electron chi connectivity index (χ0n) is 11.0. The summed E-state index contributed by atoms with van der Waals surface area (Å²) in [4.78, 5) is 27.5. The standard InChI is InChI=1S/C13H14N4O4/c18-8-10(13(20)16-11-3-6-21-17-11)15-12(19)7-9-1-4-14-5-2-9/h1-6,10,18H,7-8H2,(H,15,19)(H,16,17,20). The van der Waals surface area contributed by atoms with Gasteiger partial charge in [0.1, 0.15) is 12.3 Å². The van der Waals surface area contributed by atoms with Crippen LogP contribution < -0.4 is 10.6 Å². The number of pyridine rings is 1. The van der Waals surface area contributed by atoms with E-state index in [1.807, 2.05) is 0 Å². The molecule has 8 heteroatoms. The van der Waals surface area contributed by atoms with Gasteiger partial charge in [0.05, 0.1) is 13.0 Å². The summed E-state index contributed by atoms with van der Waals surface area (Å²) in [5, 5.41) is 17.6. The lowest BCUT2D eigenvalue weighted by atomic mass is 10.2. The van der Waals surface area contributed by atoms with Crippen LogP contribution in [0.3, 0.4) is 0 Å². The molecule has 2 rings (SSSR count). The topological polar surface area (TPSA) is 117 Å². The Morgan fingerprint density at radius 1 is 1.29 bits per heavy atom. The van der Waals surface area contributed by atoms with Crippen molar-refractivity contribution < 1.29 is 19.2 Å². The van der Waals surface area contributed by atoms with Gasteiger partial charge in [0.2, 0.25) is 5.91 Å². The van der Waals surface area contributed by atoms with E-state index in [1.165, 1.54) is 12.3 Å². The van der Waals surface area contributed by atoms with Crippen LogP contribution in [0.5, 0.6) is 0 Å². The van der Waals surface area contributed by atoms with E-state index in [1.54, 1.807) is 24.5 Å². The molecule has 3 N–H and O–H groups in total. The smallest absolute Gasteiger partial charge is 0.250 e. The quantitative estimate of drug-likeness (QED) is 0.674. The van der Waals surface area contributed by atoms with Crippen LogP contribution in [0.1, 0.15) is 5.56 Å². The minimum atomic E-state index is -1.06. The lowest BCUT2D eigenvalue weighted by Gasteiger charge is -2.15. The number of rotatable bonds is 6. The van der Waals surface area contributed by atoms with Crippen molar-refractivity contribution in [3.8, 4) is 0 Å². The van der Waals surface area contributed by atoms with Gasteiger partial charge in [0.15, 0.2) is 5.82 Å². The van der Waals surface area contributed by atoms with Crippen LogP contribution in [0.25, 0.3) is 0 Å². The molecule has 0 spiro atoms. The molecule has 1 unspecified atom stereocenters. The Kier molecular flexibility index (Phi) is 4.99. The lowest BCUT2D eigenvalue weighted by Crippen LogP contribution is -2.46. The number of nitrogens with zero attached hydrogens (tertiary/aromatic N) is 2. The maximum absolute atomic E-state index is 11.9. The Labute approximate surface area is 120 Å². The van der Waals surface area contributed by atoms with E-state index in [-0.39, 0.29) is 18.1 Å². The Balaban J connectivity index is 1.89. The predicted octanol–water partition coefficient (Wildman–Crippen LogP) is -0.272. The maximum Gasteiger partial charge on any atom is 0.250 e. The molecule has 2 heterocycles. The van der Waals surface area contributed by atoms with Gasteiger partial charge in [-0.2, -0.15) is 0 Å². The molecule has 0 bridgehead atoms. The van der Waals surface area contributed by atoms with Crippen molar-refractivity contribution in [2.75, 3.05) is 11.9 Å². The van der Waals surface area contributed by atoms with Gasteiger partial charge in [0, 0.05) is 18.5 Å². The first-order valence-electron chi connectivity index (χ1n) is 6.19. The monoisotopic (exact) mass is 290 g/mol. The number of aromatic nitrogens is 2. The first-order chi connectivity index (χ1) is 10.2. The highest BCUT2D eigenvalue weighted by molar-refractivity contribution is 5.96. The number of carbonyl (C=O) groups is 2. The van der Waals surface area contributed by atoms with Crippen molar-refractivity contribution in [3.63, 3.8) is 0 Å². The van der Waals surface area contributed by atoms with Crippen molar-refractivity contribution in [2.24, 2.45) is 0 Å². The average molecular weight is 290 g/mol. The normalized spacial score (nSPS) is 11.7. The van der Waals surface area contributed by atoms with Gasteiger partial charge in [0.25, 0.3) is 5.91 Å². The molecule has 8 nitrogen and oxygen atoms in total. The highest BCUT2D eigenvalue weighted by Gasteiger charge is 2.20. The molecule has 0 fully saturated rings. The van der Waals surface area contributed by atoms with Crippen molar-refractivity contribution in [1.82, 2.24) is 15.5 Å². The number of aliphatic hydroxyl groups is 1. The van der Waals surface area contributed by atoms with Crippen LogP contribution in [0, 0.1) is 0 Å². The fourth-order valence-corrected chi connectivity index (χ4v) is 1.62. The second-order valence-electron chi connectivity index (χ2n) is 4.21. The lowest BCUT2D eigenvalue weighted by molar-refractivity contribution is -0.126. The molecule has 0 saturated heterocycles. The largest absolute Gasteiger partial charge is 0.394 e. The summed E-state index contributed by atoms with van der Waals surface area (Å²) < 4.78 is 4.57. The highest BCUT2D eigenvalue weighted by atomic mass is 16.5. The molecule has 0 aliphatic carbocycles. The van der Waals surface area contributed by atoms with Crippen molar-refractivity contribution in [3.05, 3.63) is 42.4 Å². The number of anilines is 1. The summed E-state index contributed by atoms with van der Waals surface area (Å²) >= 11 is 0. The van der Waals surface area contributed by atoms with Gasteiger partial charge in [-0.1, -0.05) is 5.16 Å². The van der Waals surface area contributed by atoms with Gasteiger partial charge < -0.3 is 20.3 Å². The minimum absolute atomic E-state index is 0.0935. The van der Waals surface area contributed by atoms with E-state index in [4.69, 9.17) is 0 Å². The second-order valence-corrected chi connectivity index (χ2v) is 4.21. The van der Waals surface area contributed by atoms with E-state index >= 15 is 0 Å². The molecular formula is C13H14N4O4. The zero-order valence-corrected chi connectivity index (χ0v) is 11.0. The van der Waals surface area contributed by atoms with Gasteiger partial charge in [-0.15, -0.1) is 0 Å². The van der Waals surface area contributed by atoms with Gasteiger partial charge in [-0.25, -0.2) is 0 Å². The number of hydrogen-bond acceptors (Lipinski definition) is 6. The zero-order chi connectivity index (χ0) is 15.1. The summed E-state index contributed by atoms with van der Waals surface area (Å²) in [6.45, 7) is -0.522. The molecule has 2 amide bonds. The first-order valence-corrected chi connectivity index (χ1v) is 6.19. The summed E-state index contributed by atoms with van der Waals surface area (Å²) in [6.07, 6.45) is 4.54. The molecule has 0 radical (unpaired) electrons.